The number of esters is 1. The molecular weight excluding hydrogens is 682 g/mol. The van der Waals surface area contributed by atoms with Crippen molar-refractivity contribution in [1.82, 2.24) is 20.0 Å². The van der Waals surface area contributed by atoms with Gasteiger partial charge in [0.25, 0.3) is 5.91 Å². The van der Waals surface area contributed by atoms with Gasteiger partial charge in [-0.05, 0) is 54.4 Å². The van der Waals surface area contributed by atoms with Crippen LogP contribution in [0.1, 0.15) is 31.8 Å². The third-order valence-electron chi connectivity index (χ3n) is 6.59. The van der Waals surface area contributed by atoms with Crippen LogP contribution in [0.25, 0.3) is 0 Å². The second kappa shape index (κ2) is 15.2. The van der Waals surface area contributed by atoms with E-state index >= 15 is 0 Å². The highest BCUT2D eigenvalue weighted by atomic mass is 79.9. The van der Waals surface area contributed by atoms with Crippen molar-refractivity contribution in [1.29, 1.82) is 0 Å². The normalized spacial score (nSPS) is 11.5. The Labute approximate surface area is 269 Å². The van der Waals surface area contributed by atoms with E-state index in [1.165, 1.54) is 61.9 Å². The van der Waals surface area contributed by atoms with E-state index in [0.29, 0.717) is 4.47 Å². The van der Waals surface area contributed by atoms with Crippen molar-refractivity contribution in [3.63, 3.8) is 0 Å². The number of alkyl halides is 3. The molecule has 0 atom stereocenters. The van der Waals surface area contributed by atoms with Crippen LogP contribution in [0, 0.1) is 5.82 Å². The van der Waals surface area contributed by atoms with E-state index < -0.39 is 41.4 Å². The SMILES string of the molecule is COCC(COC)N(C(=O)c1ccc(Br)cc1F)c1ccc(Oc2ncc(CCn3nccn3)cc2C(F)(F)F)cc1C(=O)OC. The predicted octanol–water partition coefficient (Wildman–Crippen LogP) is 5.72. The smallest absolute Gasteiger partial charge is 0.421 e. The van der Waals surface area contributed by atoms with Crippen LogP contribution in [-0.4, -0.2) is 72.4 Å². The Hall–Kier alpha value is -4.41. The van der Waals surface area contributed by atoms with Gasteiger partial charge in [0.2, 0.25) is 5.88 Å². The molecule has 2 aromatic heterocycles. The number of aromatic nitrogens is 4. The molecule has 0 fully saturated rings. The van der Waals surface area contributed by atoms with Crippen LogP contribution in [0.15, 0.2) is 65.5 Å². The molecule has 2 aromatic carbocycles. The molecule has 0 aliphatic carbocycles. The highest BCUT2D eigenvalue weighted by molar-refractivity contribution is 9.10. The lowest BCUT2D eigenvalue weighted by molar-refractivity contribution is -0.138. The Morgan fingerprint density at radius 3 is 2.28 bits per heavy atom. The van der Waals surface area contributed by atoms with Crippen LogP contribution >= 0.6 is 15.9 Å². The summed E-state index contributed by atoms with van der Waals surface area (Å²) >= 11 is 3.16. The van der Waals surface area contributed by atoms with Crippen LogP contribution in [0.5, 0.6) is 11.6 Å². The van der Waals surface area contributed by atoms with Gasteiger partial charge in [-0.3, -0.25) is 9.69 Å². The lowest BCUT2D eigenvalue weighted by Crippen LogP contribution is -2.46. The molecule has 0 radical (unpaired) electrons. The first-order valence-corrected chi connectivity index (χ1v) is 14.3. The number of pyridine rings is 1. The third-order valence-corrected chi connectivity index (χ3v) is 7.08. The van der Waals surface area contributed by atoms with Crippen molar-refractivity contribution in [2.75, 3.05) is 39.4 Å². The number of methoxy groups -OCH3 is 3. The first-order valence-electron chi connectivity index (χ1n) is 13.5. The molecule has 2 heterocycles. The zero-order valence-corrected chi connectivity index (χ0v) is 26.3. The predicted molar refractivity (Wildman–Crippen MR) is 159 cm³/mol. The first kappa shape index (κ1) is 34.5. The molecule has 1 amide bonds. The van der Waals surface area contributed by atoms with E-state index in [2.05, 4.69) is 31.1 Å². The monoisotopic (exact) mass is 709 g/mol. The molecule has 0 bridgehead atoms. The fourth-order valence-electron chi connectivity index (χ4n) is 4.52. The fraction of sp³-hybridized carbons (Fsp3) is 0.300. The van der Waals surface area contributed by atoms with Crippen molar-refractivity contribution in [3.05, 3.63) is 93.6 Å². The Kier molecular flexibility index (Phi) is 11.4. The molecule has 0 spiro atoms. The fourth-order valence-corrected chi connectivity index (χ4v) is 4.86. The van der Waals surface area contributed by atoms with Crippen LogP contribution in [-0.2, 0) is 33.4 Å². The van der Waals surface area contributed by atoms with Gasteiger partial charge in [-0.1, -0.05) is 15.9 Å². The summed E-state index contributed by atoms with van der Waals surface area (Å²) in [6, 6.07) is 7.51. The molecule has 16 heteroatoms. The van der Waals surface area contributed by atoms with Crippen molar-refractivity contribution < 1.29 is 46.1 Å². The molecule has 4 rings (SSSR count). The van der Waals surface area contributed by atoms with Gasteiger partial charge in [0.1, 0.15) is 17.1 Å². The van der Waals surface area contributed by atoms with E-state index in [9.17, 15) is 27.2 Å². The maximum atomic E-state index is 15.0. The Morgan fingerprint density at radius 1 is 0.978 bits per heavy atom. The molecule has 46 heavy (non-hydrogen) atoms. The van der Waals surface area contributed by atoms with Gasteiger partial charge in [-0.2, -0.15) is 28.2 Å². The van der Waals surface area contributed by atoms with Gasteiger partial charge in [0, 0.05) is 24.9 Å². The Bertz CT molecular complexity index is 1670. The number of nitrogens with zero attached hydrogens (tertiary/aromatic N) is 5. The second-order valence-electron chi connectivity index (χ2n) is 9.71. The summed E-state index contributed by atoms with van der Waals surface area (Å²) in [7, 11) is 3.85. The zero-order valence-electron chi connectivity index (χ0n) is 24.8. The van der Waals surface area contributed by atoms with E-state index in [1.54, 1.807) is 0 Å². The van der Waals surface area contributed by atoms with E-state index in [-0.39, 0.29) is 54.3 Å². The number of benzene rings is 2. The van der Waals surface area contributed by atoms with Crippen molar-refractivity contribution in [2.45, 2.75) is 25.2 Å². The third kappa shape index (κ3) is 8.24. The maximum absolute atomic E-state index is 15.0. The summed E-state index contributed by atoms with van der Waals surface area (Å²) in [6.07, 6.45) is -0.531. The van der Waals surface area contributed by atoms with Gasteiger partial charge in [0.05, 0.1) is 62.1 Å². The highest BCUT2D eigenvalue weighted by Crippen LogP contribution is 2.39. The number of halogens is 5. The average molecular weight is 710 g/mol. The molecule has 0 aliphatic rings. The second-order valence-corrected chi connectivity index (χ2v) is 10.6. The standard InChI is InChI=1S/C30H28BrF4N5O6/c1-43-16-20(17-44-2)40(28(41)22-6-4-19(31)13-25(22)32)26-7-5-21(14-23(26)29(42)45-3)46-27-24(30(33,34)35)12-18(15-36-27)8-11-39-37-9-10-38-39/h4-7,9-10,12-15,20H,8,11,16-17H2,1-3H3. The van der Waals surface area contributed by atoms with Gasteiger partial charge >= 0.3 is 12.1 Å². The summed E-state index contributed by atoms with van der Waals surface area (Å²) in [4.78, 5) is 33.2. The molecular formula is C30H28BrF4N5O6. The largest absolute Gasteiger partial charge is 0.465 e. The molecule has 0 saturated heterocycles. The number of carbonyl (C=O) groups is 2. The van der Waals surface area contributed by atoms with Crippen molar-refractivity contribution in [2.24, 2.45) is 0 Å². The van der Waals surface area contributed by atoms with Crippen molar-refractivity contribution in [3.8, 4) is 11.6 Å². The molecule has 0 aliphatic heterocycles. The summed E-state index contributed by atoms with van der Waals surface area (Å²) in [5.41, 5.74) is -1.53. The first-order chi connectivity index (χ1) is 22.0. The Morgan fingerprint density at radius 2 is 1.67 bits per heavy atom. The number of hydrogen-bond acceptors (Lipinski definition) is 9. The number of carbonyl (C=O) groups excluding carboxylic acids is 2. The van der Waals surface area contributed by atoms with Crippen LogP contribution in [0.3, 0.4) is 0 Å². The number of aryl methyl sites for hydroxylation is 2. The van der Waals surface area contributed by atoms with Gasteiger partial charge in [0.15, 0.2) is 0 Å². The van der Waals surface area contributed by atoms with Gasteiger partial charge < -0.3 is 18.9 Å². The zero-order chi connectivity index (χ0) is 33.4. The lowest BCUT2D eigenvalue weighted by Gasteiger charge is -2.32. The van der Waals surface area contributed by atoms with Crippen molar-refractivity contribution >= 4 is 33.5 Å². The molecule has 0 saturated carbocycles. The molecule has 0 unspecified atom stereocenters. The van der Waals surface area contributed by atoms with Crippen LogP contribution < -0.4 is 9.64 Å². The van der Waals surface area contributed by atoms with E-state index in [4.69, 9.17) is 18.9 Å². The number of hydrogen-bond donors (Lipinski definition) is 0. The number of amides is 1. The topological polar surface area (TPSA) is 118 Å². The minimum absolute atomic E-state index is 0.0581. The average Bonchev–Trinajstić information content (AvgIpc) is 3.54. The Balaban J connectivity index is 1.76. The molecule has 0 N–H and O–H groups in total. The minimum atomic E-state index is -4.83. The van der Waals surface area contributed by atoms with E-state index in [0.717, 1.165) is 30.2 Å². The molecule has 11 nitrogen and oxygen atoms in total. The summed E-state index contributed by atoms with van der Waals surface area (Å²) in [5, 5.41) is 7.87. The van der Waals surface area contributed by atoms with Crippen LogP contribution in [0.2, 0.25) is 0 Å². The highest BCUT2D eigenvalue weighted by Gasteiger charge is 2.37. The quantitative estimate of drug-likeness (QED) is 0.127. The number of rotatable bonds is 13. The summed E-state index contributed by atoms with van der Waals surface area (Å²) in [6.45, 7) is 0.0547. The summed E-state index contributed by atoms with van der Waals surface area (Å²) in [5.74, 6) is -3.61. The van der Waals surface area contributed by atoms with Gasteiger partial charge in [-0.25, -0.2) is 14.2 Å². The molecule has 4 aromatic rings. The van der Waals surface area contributed by atoms with Gasteiger partial charge in [-0.15, -0.1) is 0 Å². The molecule has 244 valence electrons. The minimum Gasteiger partial charge on any atom is -0.465 e. The summed E-state index contributed by atoms with van der Waals surface area (Å²) < 4.78 is 78.7. The lowest BCUT2D eigenvalue weighted by atomic mass is 10.1. The number of ether oxygens (including phenoxy) is 4. The van der Waals surface area contributed by atoms with Crippen LogP contribution in [0.4, 0.5) is 23.2 Å². The number of anilines is 1. The maximum Gasteiger partial charge on any atom is 0.421 e. The van der Waals surface area contributed by atoms with E-state index in [1.807, 2.05) is 0 Å².